The van der Waals surface area contributed by atoms with Crippen molar-refractivity contribution in [2.45, 2.75) is 20.3 Å². The molecule has 5 nitrogen and oxygen atoms in total. The largest absolute Gasteiger partial charge is 0.478 e. The Kier molecular flexibility index (Phi) is 3.83. The minimum Gasteiger partial charge on any atom is -0.478 e. The average Bonchev–Trinajstić information content (AvgIpc) is 2.87. The standard InChI is InChI=1S/C14H18N2O3/c1-9(2)10-5-7-16(8-10)13(17)12-11(14(18)19)4-3-6-15-12/h3-4,6,9-10H,5,7-8H2,1-2H3,(H,18,19). The second-order valence-corrected chi connectivity index (χ2v) is 5.25. The maximum Gasteiger partial charge on any atom is 0.338 e. The molecule has 1 N–H and O–H groups in total. The summed E-state index contributed by atoms with van der Waals surface area (Å²) in [5.74, 6) is -0.376. The zero-order valence-corrected chi connectivity index (χ0v) is 11.2. The Morgan fingerprint density at radius 2 is 2.21 bits per heavy atom. The van der Waals surface area contributed by atoms with Gasteiger partial charge in [0.15, 0.2) is 0 Å². The van der Waals surface area contributed by atoms with E-state index >= 15 is 0 Å². The fourth-order valence-electron chi connectivity index (χ4n) is 2.41. The van der Waals surface area contributed by atoms with E-state index in [0.717, 1.165) is 6.42 Å². The fourth-order valence-corrected chi connectivity index (χ4v) is 2.41. The van der Waals surface area contributed by atoms with Crippen LogP contribution in [0.4, 0.5) is 0 Å². The molecule has 2 heterocycles. The van der Waals surface area contributed by atoms with Gasteiger partial charge in [0.1, 0.15) is 5.69 Å². The van der Waals surface area contributed by atoms with E-state index in [-0.39, 0.29) is 17.2 Å². The van der Waals surface area contributed by atoms with Crippen LogP contribution in [0.2, 0.25) is 0 Å². The first-order valence-corrected chi connectivity index (χ1v) is 6.48. The van der Waals surface area contributed by atoms with Crippen LogP contribution in [0, 0.1) is 11.8 Å². The number of hydrogen-bond acceptors (Lipinski definition) is 3. The van der Waals surface area contributed by atoms with Gasteiger partial charge in [0.2, 0.25) is 0 Å². The van der Waals surface area contributed by atoms with Gasteiger partial charge >= 0.3 is 5.97 Å². The van der Waals surface area contributed by atoms with Crippen molar-refractivity contribution in [2.75, 3.05) is 13.1 Å². The van der Waals surface area contributed by atoms with Crippen molar-refractivity contribution in [3.05, 3.63) is 29.6 Å². The van der Waals surface area contributed by atoms with Gasteiger partial charge in [-0.2, -0.15) is 0 Å². The van der Waals surface area contributed by atoms with E-state index in [1.807, 2.05) is 0 Å². The van der Waals surface area contributed by atoms with Crippen molar-refractivity contribution in [3.63, 3.8) is 0 Å². The molecular formula is C14H18N2O3. The third-order valence-corrected chi connectivity index (χ3v) is 3.70. The second-order valence-electron chi connectivity index (χ2n) is 5.25. The molecule has 19 heavy (non-hydrogen) atoms. The highest BCUT2D eigenvalue weighted by molar-refractivity contribution is 6.03. The summed E-state index contributed by atoms with van der Waals surface area (Å²) < 4.78 is 0. The van der Waals surface area contributed by atoms with Gasteiger partial charge in [-0.3, -0.25) is 9.78 Å². The third kappa shape index (κ3) is 2.75. The number of carbonyl (C=O) groups is 2. The molecule has 0 bridgehead atoms. The maximum atomic E-state index is 12.3. The topological polar surface area (TPSA) is 70.5 Å². The minimum atomic E-state index is -1.11. The Balaban J connectivity index is 2.19. The number of nitrogens with zero attached hydrogens (tertiary/aromatic N) is 2. The van der Waals surface area contributed by atoms with Gasteiger partial charge in [-0.1, -0.05) is 13.8 Å². The third-order valence-electron chi connectivity index (χ3n) is 3.70. The molecule has 0 spiro atoms. The molecule has 1 aromatic heterocycles. The summed E-state index contributed by atoms with van der Waals surface area (Å²) in [7, 11) is 0. The van der Waals surface area contributed by atoms with E-state index in [2.05, 4.69) is 18.8 Å². The first-order chi connectivity index (χ1) is 9.00. The van der Waals surface area contributed by atoms with Gasteiger partial charge in [0, 0.05) is 19.3 Å². The molecule has 1 aromatic rings. The summed E-state index contributed by atoms with van der Waals surface area (Å²) in [6.07, 6.45) is 2.42. The average molecular weight is 262 g/mol. The first-order valence-electron chi connectivity index (χ1n) is 6.48. The lowest BCUT2D eigenvalue weighted by Crippen LogP contribution is -2.31. The highest BCUT2D eigenvalue weighted by Crippen LogP contribution is 2.25. The Labute approximate surface area is 112 Å². The molecule has 0 radical (unpaired) electrons. The molecule has 1 amide bonds. The number of amides is 1. The van der Waals surface area contributed by atoms with Crippen LogP contribution in [0.1, 0.15) is 41.1 Å². The van der Waals surface area contributed by atoms with Crippen molar-refractivity contribution in [1.29, 1.82) is 0 Å². The quantitative estimate of drug-likeness (QED) is 0.903. The van der Waals surface area contributed by atoms with Gasteiger partial charge < -0.3 is 10.0 Å². The maximum absolute atomic E-state index is 12.3. The zero-order valence-electron chi connectivity index (χ0n) is 11.2. The van der Waals surface area contributed by atoms with Gasteiger partial charge in [-0.15, -0.1) is 0 Å². The number of aromatic carboxylic acids is 1. The van der Waals surface area contributed by atoms with Crippen LogP contribution in [0.15, 0.2) is 18.3 Å². The van der Waals surface area contributed by atoms with Crippen LogP contribution >= 0.6 is 0 Å². The van der Waals surface area contributed by atoms with Crippen molar-refractivity contribution >= 4 is 11.9 Å². The fraction of sp³-hybridized carbons (Fsp3) is 0.500. The SMILES string of the molecule is CC(C)C1CCN(C(=O)c2ncccc2C(=O)O)C1. The number of carboxylic acids is 1. The number of hydrogen-bond donors (Lipinski definition) is 1. The van der Waals surface area contributed by atoms with Crippen LogP contribution in [-0.4, -0.2) is 40.0 Å². The van der Waals surface area contributed by atoms with E-state index in [4.69, 9.17) is 5.11 Å². The number of likely N-dealkylation sites (tertiary alicyclic amines) is 1. The van der Waals surface area contributed by atoms with Crippen LogP contribution in [-0.2, 0) is 0 Å². The molecule has 5 heteroatoms. The molecule has 0 aliphatic carbocycles. The summed E-state index contributed by atoms with van der Waals surface area (Å²) in [6.45, 7) is 5.65. The van der Waals surface area contributed by atoms with Crippen molar-refractivity contribution in [1.82, 2.24) is 9.88 Å². The minimum absolute atomic E-state index is 0.0273. The molecule has 1 unspecified atom stereocenters. The molecule has 1 saturated heterocycles. The Bertz CT molecular complexity index is 499. The van der Waals surface area contributed by atoms with Crippen LogP contribution in [0.25, 0.3) is 0 Å². The predicted molar refractivity (Wildman–Crippen MR) is 70.0 cm³/mol. The highest BCUT2D eigenvalue weighted by atomic mass is 16.4. The van der Waals surface area contributed by atoms with Gasteiger partial charge in [0.25, 0.3) is 5.91 Å². The lowest BCUT2D eigenvalue weighted by molar-refractivity contribution is 0.0677. The summed E-state index contributed by atoms with van der Waals surface area (Å²) in [5.41, 5.74) is 0.0138. The molecule has 1 aliphatic rings. The molecule has 0 saturated carbocycles. The van der Waals surface area contributed by atoms with Crippen molar-refractivity contribution < 1.29 is 14.7 Å². The normalized spacial score (nSPS) is 18.9. The van der Waals surface area contributed by atoms with Crippen molar-refractivity contribution in [3.8, 4) is 0 Å². The highest BCUT2D eigenvalue weighted by Gasteiger charge is 2.31. The molecule has 102 valence electrons. The summed E-state index contributed by atoms with van der Waals surface area (Å²) >= 11 is 0. The molecule has 1 atom stereocenters. The number of carbonyl (C=O) groups excluding carboxylic acids is 1. The van der Waals surface area contributed by atoms with E-state index in [1.54, 1.807) is 4.90 Å². The smallest absolute Gasteiger partial charge is 0.338 e. The van der Waals surface area contributed by atoms with E-state index in [1.165, 1.54) is 18.3 Å². The monoisotopic (exact) mass is 262 g/mol. The lowest BCUT2D eigenvalue weighted by Gasteiger charge is -2.18. The summed E-state index contributed by atoms with van der Waals surface area (Å²) in [5, 5.41) is 9.09. The second kappa shape index (κ2) is 5.38. The van der Waals surface area contributed by atoms with Gasteiger partial charge in [-0.05, 0) is 30.4 Å². The Morgan fingerprint density at radius 3 is 2.79 bits per heavy atom. The summed E-state index contributed by atoms with van der Waals surface area (Å²) in [6, 6.07) is 2.94. The van der Waals surface area contributed by atoms with E-state index in [9.17, 15) is 9.59 Å². The molecular weight excluding hydrogens is 244 g/mol. The molecule has 0 aromatic carbocycles. The number of carboxylic acid groups (broad SMARTS) is 1. The molecule has 1 aliphatic heterocycles. The van der Waals surface area contributed by atoms with E-state index < -0.39 is 5.97 Å². The van der Waals surface area contributed by atoms with Crippen molar-refractivity contribution in [2.24, 2.45) is 11.8 Å². The predicted octanol–water partition coefficient (Wildman–Crippen LogP) is 1.90. The first kappa shape index (κ1) is 13.5. The number of aromatic nitrogens is 1. The van der Waals surface area contributed by atoms with Gasteiger partial charge in [0.05, 0.1) is 5.56 Å². The summed E-state index contributed by atoms with van der Waals surface area (Å²) in [4.78, 5) is 29.1. The number of pyridine rings is 1. The molecule has 2 rings (SSSR count). The van der Waals surface area contributed by atoms with Crippen LogP contribution in [0.3, 0.4) is 0 Å². The van der Waals surface area contributed by atoms with Gasteiger partial charge in [-0.25, -0.2) is 4.79 Å². The Hall–Kier alpha value is -1.91. The van der Waals surface area contributed by atoms with Crippen LogP contribution in [0.5, 0.6) is 0 Å². The zero-order chi connectivity index (χ0) is 14.0. The lowest BCUT2D eigenvalue weighted by atomic mass is 9.95. The molecule has 1 fully saturated rings. The van der Waals surface area contributed by atoms with E-state index in [0.29, 0.717) is 24.9 Å². The number of rotatable bonds is 3. The van der Waals surface area contributed by atoms with Crippen LogP contribution < -0.4 is 0 Å². The Morgan fingerprint density at radius 1 is 1.47 bits per heavy atom.